The third-order valence-electron chi connectivity index (χ3n) is 5.42. The fourth-order valence-corrected chi connectivity index (χ4v) is 4.68. The molecule has 0 spiro atoms. The van der Waals surface area contributed by atoms with Crippen molar-refractivity contribution in [2.45, 2.75) is 63.0 Å². The predicted octanol–water partition coefficient (Wildman–Crippen LogP) is 3.88. The van der Waals surface area contributed by atoms with Crippen LogP contribution in [0.15, 0.2) is 53.4 Å². The molecule has 1 aliphatic rings. The van der Waals surface area contributed by atoms with E-state index in [-0.39, 0.29) is 22.4 Å². The summed E-state index contributed by atoms with van der Waals surface area (Å²) in [7, 11) is -3.80. The number of hydrogen-bond acceptors (Lipinski definition) is 6. The van der Waals surface area contributed by atoms with E-state index in [1.54, 1.807) is 12.1 Å². The van der Waals surface area contributed by atoms with Gasteiger partial charge in [0.25, 0.3) is 15.9 Å². The smallest absolute Gasteiger partial charge is 0.338 e. The second-order valence-electron chi connectivity index (χ2n) is 7.98. The number of sulfonamides is 1. The molecule has 1 aliphatic carbocycles. The van der Waals surface area contributed by atoms with E-state index in [9.17, 15) is 18.0 Å². The van der Waals surface area contributed by atoms with Crippen LogP contribution in [-0.4, -0.2) is 39.0 Å². The van der Waals surface area contributed by atoms with Crippen molar-refractivity contribution in [3.05, 3.63) is 54.1 Å². The molecule has 9 heteroatoms. The van der Waals surface area contributed by atoms with Crippen molar-refractivity contribution in [3.63, 3.8) is 0 Å². The number of carbonyl (C=O) groups is 2. The van der Waals surface area contributed by atoms with Gasteiger partial charge in [-0.3, -0.25) is 9.52 Å². The molecule has 0 bridgehead atoms. The highest BCUT2D eigenvalue weighted by molar-refractivity contribution is 7.92. The van der Waals surface area contributed by atoms with Crippen LogP contribution in [0.2, 0.25) is 0 Å². The van der Waals surface area contributed by atoms with E-state index < -0.39 is 22.1 Å². The van der Waals surface area contributed by atoms with Crippen LogP contribution in [0.1, 0.15) is 56.3 Å². The molecule has 0 aromatic heterocycles. The fourth-order valence-electron chi connectivity index (χ4n) is 3.62. The monoisotopic (exact) mass is 474 g/mol. The summed E-state index contributed by atoms with van der Waals surface area (Å²) >= 11 is 0. The highest BCUT2D eigenvalue weighted by atomic mass is 32.2. The van der Waals surface area contributed by atoms with Crippen LogP contribution < -0.4 is 14.8 Å². The summed E-state index contributed by atoms with van der Waals surface area (Å²) in [5.74, 6) is -0.377. The molecule has 0 radical (unpaired) electrons. The van der Waals surface area contributed by atoms with Crippen molar-refractivity contribution in [1.82, 2.24) is 5.32 Å². The molecule has 2 aromatic rings. The number of benzene rings is 2. The minimum atomic E-state index is -3.80. The zero-order valence-corrected chi connectivity index (χ0v) is 19.7. The quantitative estimate of drug-likeness (QED) is 0.534. The first-order chi connectivity index (χ1) is 15.8. The molecule has 1 saturated carbocycles. The summed E-state index contributed by atoms with van der Waals surface area (Å²) in [5.41, 5.74) is 0.514. The van der Waals surface area contributed by atoms with Crippen LogP contribution in [0.3, 0.4) is 0 Å². The lowest BCUT2D eigenvalue weighted by molar-refractivity contribution is -0.130. The summed E-state index contributed by atoms with van der Waals surface area (Å²) in [6, 6.07) is 12.1. The van der Waals surface area contributed by atoms with Gasteiger partial charge in [-0.1, -0.05) is 19.3 Å². The predicted molar refractivity (Wildman–Crippen MR) is 125 cm³/mol. The Hall–Kier alpha value is -3.07. The molecule has 1 amide bonds. The summed E-state index contributed by atoms with van der Waals surface area (Å²) in [6.07, 6.45) is 4.34. The number of esters is 1. The number of ether oxygens (including phenoxy) is 2. The molecular weight excluding hydrogens is 444 g/mol. The van der Waals surface area contributed by atoms with Crippen LogP contribution in [-0.2, 0) is 19.6 Å². The maximum Gasteiger partial charge on any atom is 0.338 e. The van der Waals surface area contributed by atoms with E-state index in [4.69, 9.17) is 9.47 Å². The van der Waals surface area contributed by atoms with Crippen molar-refractivity contribution >= 4 is 27.6 Å². The van der Waals surface area contributed by atoms with Gasteiger partial charge >= 0.3 is 5.97 Å². The largest absolute Gasteiger partial charge is 0.494 e. The van der Waals surface area contributed by atoms with Crippen molar-refractivity contribution in [2.24, 2.45) is 0 Å². The molecule has 0 aliphatic heterocycles. The van der Waals surface area contributed by atoms with Crippen LogP contribution in [0.4, 0.5) is 5.69 Å². The van der Waals surface area contributed by atoms with E-state index in [0.29, 0.717) is 18.0 Å². The summed E-state index contributed by atoms with van der Waals surface area (Å²) < 4.78 is 38.2. The van der Waals surface area contributed by atoms with Crippen molar-refractivity contribution in [1.29, 1.82) is 0 Å². The fraction of sp³-hybridized carbons (Fsp3) is 0.417. The van der Waals surface area contributed by atoms with Gasteiger partial charge in [0.2, 0.25) is 0 Å². The van der Waals surface area contributed by atoms with Gasteiger partial charge in [0.05, 0.1) is 17.1 Å². The van der Waals surface area contributed by atoms with Crippen LogP contribution >= 0.6 is 0 Å². The first-order valence-corrected chi connectivity index (χ1v) is 12.6. The number of amides is 1. The second kappa shape index (κ2) is 11.2. The molecule has 1 fully saturated rings. The molecule has 2 N–H and O–H groups in total. The van der Waals surface area contributed by atoms with E-state index in [2.05, 4.69) is 10.0 Å². The molecule has 8 nitrogen and oxygen atoms in total. The van der Waals surface area contributed by atoms with E-state index in [1.807, 2.05) is 6.92 Å². The van der Waals surface area contributed by atoms with E-state index >= 15 is 0 Å². The molecule has 0 heterocycles. The Kier molecular flexibility index (Phi) is 8.32. The van der Waals surface area contributed by atoms with Gasteiger partial charge in [-0.25, -0.2) is 13.2 Å². The number of rotatable bonds is 9. The Balaban J connectivity index is 1.56. The van der Waals surface area contributed by atoms with Crippen LogP contribution in [0.25, 0.3) is 0 Å². The topological polar surface area (TPSA) is 111 Å². The standard InChI is InChI=1S/C24H30N2O6S/c1-3-31-21-13-15-22(16-14-21)33(29,30)26-20-11-9-18(10-12-20)24(28)32-17(2)23(27)25-19-7-5-4-6-8-19/h9-17,19,26H,3-8H2,1-2H3,(H,25,27). The zero-order chi connectivity index (χ0) is 23.8. The molecular formula is C24H30N2O6S. The molecule has 1 unspecified atom stereocenters. The minimum Gasteiger partial charge on any atom is -0.494 e. The minimum absolute atomic E-state index is 0.0900. The molecule has 3 rings (SSSR count). The Labute approximate surface area is 194 Å². The Morgan fingerprint density at radius 3 is 2.24 bits per heavy atom. The highest BCUT2D eigenvalue weighted by Crippen LogP contribution is 2.20. The Morgan fingerprint density at radius 1 is 1.00 bits per heavy atom. The second-order valence-corrected chi connectivity index (χ2v) is 9.66. The van der Waals surface area contributed by atoms with Crippen molar-refractivity contribution in [2.75, 3.05) is 11.3 Å². The van der Waals surface area contributed by atoms with Crippen LogP contribution in [0.5, 0.6) is 5.75 Å². The molecule has 2 aromatic carbocycles. The molecule has 33 heavy (non-hydrogen) atoms. The van der Waals surface area contributed by atoms with Crippen molar-refractivity contribution < 1.29 is 27.5 Å². The van der Waals surface area contributed by atoms with Gasteiger partial charge in [0.1, 0.15) is 5.75 Å². The zero-order valence-electron chi connectivity index (χ0n) is 18.9. The Bertz CT molecular complexity index is 1050. The SMILES string of the molecule is CCOc1ccc(S(=O)(=O)Nc2ccc(C(=O)OC(C)C(=O)NC3CCCCC3)cc2)cc1. The van der Waals surface area contributed by atoms with Gasteiger partial charge in [0, 0.05) is 11.7 Å². The maximum absolute atomic E-state index is 12.6. The normalized spacial score (nSPS) is 15.3. The average molecular weight is 475 g/mol. The molecule has 1 atom stereocenters. The number of carbonyl (C=O) groups excluding carboxylic acids is 2. The Morgan fingerprint density at radius 2 is 1.64 bits per heavy atom. The van der Waals surface area contributed by atoms with E-state index in [0.717, 1.165) is 25.7 Å². The third kappa shape index (κ3) is 6.95. The van der Waals surface area contributed by atoms with Gasteiger partial charge in [-0.05, 0) is 75.2 Å². The lowest BCUT2D eigenvalue weighted by Gasteiger charge is -2.24. The van der Waals surface area contributed by atoms with Crippen molar-refractivity contribution in [3.8, 4) is 5.75 Å². The lowest BCUT2D eigenvalue weighted by Crippen LogP contribution is -2.42. The molecule has 0 saturated heterocycles. The first-order valence-electron chi connectivity index (χ1n) is 11.2. The first kappa shape index (κ1) is 24.6. The highest BCUT2D eigenvalue weighted by Gasteiger charge is 2.23. The number of anilines is 1. The van der Waals surface area contributed by atoms with E-state index in [1.165, 1.54) is 49.7 Å². The van der Waals surface area contributed by atoms with Gasteiger partial charge < -0.3 is 14.8 Å². The number of nitrogens with one attached hydrogen (secondary N) is 2. The maximum atomic E-state index is 12.6. The lowest BCUT2D eigenvalue weighted by atomic mass is 9.95. The summed E-state index contributed by atoms with van der Waals surface area (Å²) in [5, 5.41) is 2.94. The molecule has 178 valence electrons. The van der Waals surface area contributed by atoms with Gasteiger partial charge in [-0.2, -0.15) is 0 Å². The average Bonchev–Trinajstić information content (AvgIpc) is 2.80. The van der Waals surface area contributed by atoms with Gasteiger partial charge in [-0.15, -0.1) is 0 Å². The summed E-state index contributed by atoms with van der Waals surface area (Å²) in [4.78, 5) is 24.8. The van der Waals surface area contributed by atoms with Gasteiger partial charge in [0.15, 0.2) is 6.10 Å². The van der Waals surface area contributed by atoms with Crippen LogP contribution in [0, 0.1) is 0 Å². The third-order valence-corrected chi connectivity index (χ3v) is 6.82. The summed E-state index contributed by atoms with van der Waals surface area (Å²) in [6.45, 7) is 3.87. The number of hydrogen-bond donors (Lipinski definition) is 2.